The van der Waals surface area contributed by atoms with E-state index in [1.807, 2.05) is 0 Å². The third-order valence-corrected chi connectivity index (χ3v) is 5.07. The quantitative estimate of drug-likeness (QED) is 0.899. The molecule has 3 rings (SSSR count). The van der Waals surface area contributed by atoms with E-state index in [9.17, 15) is 5.11 Å². The highest BCUT2D eigenvalue weighted by atomic mass is 16.5. The summed E-state index contributed by atoms with van der Waals surface area (Å²) >= 11 is 0. The van der Waals surface area contributed by atoms with Crippen molar-refractivity contribution in [1.82, 2.24) is 15.1 Å². The summed E-state index contributed by atoms with van der Waals surface area (Å²) in [6.07, 6.45) is 1.77. The zero-order chi connectivity index (χ0) is 17.4. The van der Waals surface area contributed by atoms with Gasteiger partial charge in [-0.2, -0.15) is 5.10 Å². The maximum absolute atomic E-state index is 10.6. The zero-order valence-corrected chi connectivity index (χ0v) is 15.3. The molecule has 0 amide bonds. The molecule has 2 aliphatic heterocycles. The summed E-state index contributed by atoms with van der Waals surface area (Å²) in [5.74, 6) is 0.937. The Hall–Kier alpha value is -1.24. The summed E-state index contributed by atoms with van der Waals surface area (Å²) < 4.78 is 5.44. The summed E-state index contributed by atoms with van der Waals surface area (Å²) in [5, 5.41) is 19.3. The molecule has 134 valence electrons. The first-order chi connectivity index (χ1) is 11.3. The van der Waals surface area contributed by atoms with Gasteiger partial charge in [0, 0.05) is 37.7 Å². The lowest BCUT2D eigenvalue weighted by Gasteiger charge is -2.47. The van der Waals surface area contributed by atoms with E-state index < -0.39 is 5.60 Å². The molecule has 2 saturated heterocycles. The number of hydrogen-bond donors (Lipinski definition) is 1. The van der Waals surface area contributed by atoms with Gasteiger partial charge in [-0.3, -0.25) is 4.90 Å². The molecule has 0 aromatic carbocycles. The largest absolute Gasteiger partial charge is 0.386 e. The highest BCUT2D eigenvalue weighted by Gasteiger charge is 2.37. The molecule has 0 spiro atoms. The van der Waals surface area contributed by atoms with Gasteiger partial charge in [0.15, 0.2) is 5.82 Å². The van der Waals surface area contributed by atoms with Gasteiger partial charge in [0.2, 0.25) is 0 Å². The van der Waals surface area contributed by atoms with Crippen LogP contribution in [0.5, 0.6) is 0 Å². The van der Waals surface area contributed by atoms with Crippen molar-refractivity contribution in [3.8, 4) is 0 Å². The Morgan fingerprint density at radius 3 is 2.62 bits per heavy atom. The third-order valence-electron chi connectivity index (χ3n) is 5.07. The van der Waals surface area contributed by atoms with Crippen molar-refractivity contribution in [1.29, 1.82) is 0 Å². The number of nitrogens with zero attached hydrogens (tertiary/aromatic N) is 4. The second-order valence-electron chi connectivity index (χ2n) is 8.38. The van der Waals surface area contributed by atoms with Crippen molar-refractivity contribution in [3.63, 3.8) is 0 Å². The zero-order valence-electron chi connectivity index (χ0n) is 15.3. The van der Waals surface area contributed by atoms with Crippen molar-refractivity contribution in [3.05, 3.63) is 17.8 Å². The summed E-state index contributed by atoms with van der Waals surface area (Å²) in [5.41, 5.74) is 0.349. The van der Waals surface area contributed by atoms with E-state index in [1.54, 1.807) is 0 Å². The molecule has 2 aliphatic rings. The Balaban J connectivity index is 1.51. The van der Waals surface area contributed by atoms with E-state index in [-0.39, 0.29) is 5.41 Å². The van der Waals surface area contributed by atoms with Crippen molar-refractivity contribution in [2.75, 3.05) is 44.8 Å². The molecule has 6 heteroatoms. The van der Waals surface area contributed by atoms with Crippen LogP contribution in [0.15, 0.2) is 12.1 Å². The molecule has 0 saturated carbocycles. The van der Waals surface area contributed by atoms with Crippen LogP contribution in [0.3, 0.4) is 0 Å². The molecule has 0 bridgehead atoms. The van der Waals surface area contributed by atoms with Gasteiger partial charge in [0.25, 0.3) is 0 Å². The Bertz CT molecular complexity index is 543. The fourth-order valence-corrected chi connectivity index (χ4v) is 3.37. The molecule has 0 radical (unpaired) electrons. The minimum Gasteiger partial charge on any atom is -0.386 e. The lowest BCUT2D eigenvalue weighted by Crippen LogP contribution is -2.62. The highest BCUT2D eigenvalue weighted by molar-refractivity contribution is 5.42. The average Bonchev–Trinajstić information content (AvgIpc) is 2.45. The maximum Gasteiger partial charge on any atom is 0.151 e. The molecule has 0 aliphatic carbocycles. The van der Waals surface area contributed by atoms with E-state index in [1.165, 1.54) is 0 Å². The third kappa shape index (κ3) is 3.87. The summed E-state index contributed by atoms with van der Waals surface area (Å²) in [7, 11) is 2.09. The Labute approximate surface area is 144 Å². The number of ether oxygens (including phenoxy) is 1. The fraction of sp³-hybridized carbons (Fsp3) is 0.778. The molecule has 1 aromatic rings. The second-order valence-corrected chi connectivity index (χ2v) is 8.38. The number of rotatable bonds is 4. The van der Waals surface area contributed by atoms with E-state index >= 15 is 0 Å². The Morgan fingerprint density at radius 2 is 2.08 bits per heavy atom. The van der Waals surface area contributed by atoms with Gasteiger partial charge in [-0.25, -0.2) is 0 Å². The van der Waals surface area contributed by atoms with Crippen LogP contribution in [-0.2, 0) is 10.2 Å². The van der Waals surface area contributed by atoms with E-state index in [4.69, 9.17) is 4.74 Å². The number of hydrogen-bond acceptors (Lipinski definition) is 6. The van der Waals surface area contributed by atoms with Gasteiger partial charge >= 0.3 is 0 Å². The number of anilines is 1. The first kappa shape index (κ1) is 17.6. The summed E-state index contributed by atoms with van der Waals surface area (Å²) in [6, 6.07) is 4.58. The Morgan fingerprint density at radius 1 is 1.33 bits per heavy atom. The summed E-state index contributed by atoms with van der Waals surface area (Å²) in [4.78, 5) is 4.49. The molecule has 1 aromatic heterocycles. The standard InChI is InChI=1S/C18H30N4O2/c1-17(2,3)15-6-7-16(20-19-15)22-10-14(11-22)21(4)12-18(23)8-5-9-24-13-18/h6-7,14,23H,5,8-13H2,1-4H3. The molecular formula is C18H30N4O2. The SMILES string of the molecule is CN(CC1(O)CCCOC1)C1CN(c2ccc(C(C)(C)C)nn2)C1. The minimum absolute atomic E-state index is 0.0285. The smallest absolute Gasteiger partial charge is 0.151 e. The van der Waals surface area contributed by atoms with Crippen LogP contribution < -0.4 is 4.90 Å². The van der Waals surface area contributed by atoms with Gasteiger partial charge in [0.05, 0.1) is 12.3 Å². The summed E-state index contributed by atoms with van der Waals surface area (Å²) in [6.45, 7) is 10.2. The van der Waals surface area contributed by atoms with Crippen molar-refractivity contribution < 1.29 is 9.84 Å². The lowest BCUT2D eigenvalue weighted by molar-refractivity contribution is -0.102. The van der Waals surface area contributed by atoms with Crippen molar-refractivity contribution in [2.24, 2.45) is 0 Å². The van der Waals surface area contributed by atoms with Gasteiger partial charge in [0.1, 0.15) is 5.60 Å². The van der Waals surface area contributed by atoms with Crippen LogP contribution in [0, 0.1) is 0 Å². The molecule has 1 atom stereocenters. The lowest BCUT2D eigenvalue weighted by atomic mass is 9.92. The van der Waals surface area contributed by atoms with Crippen LogP contribution in [0.1, 0.15) is 39.3 Å². The first-order valence-electron chi connectivity index (χ1n) is 8.86. The number of likely N-dealkylation sites (N-methyl/N-ethyl adjacent to an activating group) is 1. The van der Waals surface area contributed by atoms with Gasteiger partial charge < -0.3 is 14.7 Å². The van der Waals surface area contributed by atoms with E-state index in [0.29, 0.717) is 19.2 Å². The molecule has 3 heterocycles. The predicted octanol–water partition coefficient (Wildman–Crippen LogP) is 1.44. The van der Waals surface area contributed by atoms with Crippen LogP contribution >= 0.6 is 0 Å². The highest BCUT2D eigenvalue weighted by Crippen LogP contribution is 2.26. The number of aliphatic hydroxyl groups is 1. The monoisotopic (exact) mass is 334 g/mol. The normalized spacial score (nSPS) is 25.8. The second kappa shape index (κ2) is 6.58. The van der Waals surface area contributed by atoms with E-state index in [2.05, 4.69) is 59.9 Å². The van der Waals surface area contributed by atoms with Crippen molar-refractivity contribution >= 4 is 5.82 Å². The number of aromatic nitrogens is 2. The molecule has 24 heavy (non-hydrogen) atoms. The van der Waals surface area contributed by atoms with Crippen LogP contribution in [0.25, 0.3) is 0 Å². The molecule has 1 unspecified atom stereocenters. The molecule has 6 nitrogen and oxygen atoms in total. The minimum atomic E-state index is -0.693. The maximum atomic E-state index is 10.6. The predicted molar refractivity (Wildman–Crippen MR) is 94.4 cm³/mol. The van der Waals surface area contributed by atoms with E-state index in [0.717, 1.165) is 44.0 Å². The van der Waals surface area contributed by atoms with Crippen molar-refractivity contribution in [2.45, 2.75) is 50.7 Å². The average molecular weight is 334 g/mol. The molecule has 2 fully saturated rings. The van der Waals surface area contributed by atoms with Gasteiger partial charge in [-0.15, -0.1) is 5.10 Å². The first-order valence-corrected chi connectivity index (χ1v) is 8.86. The van der Waals surface area contributed by atoms with Crippen LogP contribution in [0.2, 0.25) is 0 Å². The molecular weight excluding hydrogens is 304 g/mol. The van der Waals surface area contributed by atoms with Gasteiger partial charge in [-0.05, 0) is 32.0 Å². The van der Waals surface area contributed by atoms with Crippen LogP contribution in [-0.4, -0.2) is 71.7 Å². The van der Waals surface area contributed by atoms with Gasteiger partial charge in [-0.1, -0.05) is 20.8 Å². The fourth-order valence-electron chi connectivity index (χ4n) is 3.37. The topological polar surface area (TPSA) is 61.7 Å². The Kier molecular flexibility index (Phi) is 4.82. The molecule has 1 N–H and O–H groups in total. The van der Waals surface area contributed by atoms with Crippen LogP contribution in [0.4, 0.5) is 5.82 Å².